The molecule has 0 saturated carbocycles. The normalized spacial score (nSPS) is 30.5. The van der Waals surface area contributed by atoms with Gasteiger partial charge in [-0.2, -0.15) is 13.2 Å². The molecule has 2 aliphatic rings. The SMILES string of the molecule is COc1ccc(COC(C2OC3SC(N(C)C)=NC3C(O)C2O)C(F)(F)F)cc1. The van der Waals surface area contributed by atoms with E-state index in [-0.39, 0.29) is 6.61 Å². The fourth-order valence-corrected chi connectivity index (χ4v) is 4.27. The third-order valence-electron chi connectivity index (χ3n) is 4.68. The molecule has 1 fully saturated rings. The first-order valence-electron chi connectivity index (χ1n) is 8.86. The molecule has 0 aromatic heterocycles. The molecule has 0 bridgehead atoms. The van der Waals surface area contributed by atoms with Crippen molar-refractivity contribution in [2.45, 2.75) is 48.7 Å². The van der Waals surface area contributed by atoms with E-state index in [1.807, 2.05) is 0 Å². The average molecular weight is 436 g/mol. The second-order valence-corrected chi connectivity index (χ2v) is 8.05. The molecule has 7 nitrogen and oxygen atoms in total. The van der Waals surface area contributed by atoms with Gasteiger partial charge in [0.05, 0.1) is 13.7 Å². The number of hydrogen-bond donors (Lipinski definition) is 2. The lowest BCUT2D eigenvalue weighted by Crippen LogP contribution is -2.61. The molecule has 29 heavy (non-hydrogen) atoms. The Morgan fingerprint density at radius 2 is 1.86 bits per heavy atom. The second kappa shape index (κ2) is 8.68. The summed E-state index contributed by atoms with van der Waals surface area (Å²) in [6.07, 6.45) is -12.3. The number of methoxy groups -OCH3 is 1. The minimum atomic E-state index is -4.81. The topological polar surface area (TPSA) is 83.8 Å². The van der Waals surface area contributed by atoms with Crippen LogP contribution < -0.4 is 4.74 Å². The molecule has 11 heteroatoms. The van der Waals surface area contributed by atoms with Crippen LogP contribution in [0.4, 0.5) is 13.2 Å². The molecule has 1 saturated heterocycles. The number of nitrogens with zero attached hydrogens (tertiary/aromatic N) is 2. The molecule has 0 aliphatic carbocycles. The van der Waals surface area contributed by atoms with Gasteiger partial charge in [0, 0.05) is 14.1 Å². The maximum atomic E-state index is 13.7. The summed E-state index contributed by atoms with van der Waals surface area (Å²) >= 11 is 1.10. The summed E-state index contributed by atoms with van der Waals surface area (Å²) in [5.74, 6) is 0.566. The quantitative estimate of drug-likeness (QED) is 0.726. The van der Waals surface area contributed by atoms with E-state index in [2.05, 4.69) is 4.99 Å². The van der Waals surface area contributed by atoms with Crippen molar-refractivity contribution in [3.63, 3.8) is 0 Å². The van der Waals surface area contributed by atoms with E-state index in [4.69, 9.17) is 14.2 Å². The Balaban J connectivity index is 1.75. The first kappa shape index (κ1) is 22.2. The predicted molar refractivity (Wildman–Crippen MR) is 101 cm³/mol. The highest BCUT2D eigenvalue weighted by Gasteiger charge is 2.57. The fraction of sp³-hybridized carbons (Fsp3) is 0.611. The number of ether oxygens (including phenoxy) is 3. The van der Waals surface area contributed by atoms with Crippen LogP contribution in [0, 0.1) is 0 Å². The maximum absolute atomic E-state index is 13.7. The molecular weight excluding hydrogens is 413 g/mol. The highest BCUT2D eigenvalue weighted by atomic mass is 32.2. The number of hydrogen-bond acceptors (Lipinski definition) is 8. The van der Waals surface area contributed by atoms with Crippen LogP contribution >= 0.6 is 11.8 Å². The van der Waals surface area contributed by atoms with Crippen LogP contribution in [0.1, 0.15) is 5.56 Å². The standard InChI is InChI=1S/C18H23F3N2O5S/c1-23(2)17-22-11-12(24)13(25)14(28-16(11)29-17)15(18(19,20)21)27-8-9-4-6-10(26-3)7-5-9/h4-7,11-16,24-25H,8H2,1-3H3. The van der Waals surface area contributed by atoms with Crippen molar-refractivity contribution in [1.29, 1.82) is 0 Å². The van der Waals surface area contributed by atoms with E-state index >= 15 is 0 Å². The Labute approximate surface area is 170 Å². The molecule has 1 aromatic rings. The summed E-state index contributed by atoms with van der Waals surface area (Å²) in [5, 5.41) is 21.2. The van der Waals surface area contributed by atoms with Crippen LogP contribution in [0.5, 0.6) is 5.75 Å². The van der Waals surface area contributed by atoms with Gasteiger partial charge in [0.25, 0.3) is 0 Å². The predicted octanol–water partition coefficient (Wildman–Crippen LogP) is 1.62. The van der Waals surface area contributed by atoms with E-state index in [0.717, 1.165) is 11.8 Å². The molecule has 162 valence electrons. The third kappa shape index (κ3) is 4.80. The van der Waals surface area contributed by atoms with Crippen molar-refractivity contribution in [3.8, 4) is 5.75 Å². The molecule has 0 amide bonds. The largest absolute Gasteiger partial charge is 0.497 e. The van der Waals surface area contributed by atoms with Gasteiger partial charge in [0.2, 0.25) is 0 Å². The monoisotopic (exact) mass is 436 g/mol. The van der Waals surface area contributed by atoms with Crippen molar-refractivity contribution < 1.29 is 37.6 Å². The number of rotatable bonds is 5. The molecule has 2 N–H and O–H groups in total. The van der Waals surface area contributed by atoms with Crippen molar-refractivity contribution in [2.75, 3.05) is 21.2 Å². The third-order valence-corrected chi connectivity index (χ3v) is 5.98. The number of fused-ring (bicyclic) bond motifs is 1. The number of thioether (sulfide) groups is 1. The number of benzene rings is 1. The minimum Gasteiger partial charge on any atom is -0.497 e. The average Bonchev–Trinajstić information content (AvgIpc) is 3.10. The Hall–Kier alpha value is -1.53. The van der Waals surface area contributed by atoms with Crippen molar-refractivity contribution >= 4 is 16.9 Å². The zero-order valence-corrected chi connectivity index (χ0v) is 16.9. The Morgan fingerprint density at radius 3 is 2.41 bits per heavy atom. The van der Waals surface area contributed by atoms with Crippen LogP contribution in [-0.4, -0.2) is 83.6 Å². The smallest absolute Gasteiger partial charge is 0.417 e. The summed E-state index contributed by atoms with van der Waals surface area (Å²) in [6.45, 7) is -0.350. The highest BCUT2D eigenvalue weighted by Crippen LogP contribution is 2.41. The highest BCUT2D eigenvalue weighted by molar-refractivity contribution is 8.14. The van der Waals surface area contributed by atoms with Gasteiger partial charge in [-0.3, -0.25) is 4.99 Å². The number of aliphatic hydroxyl groups excluding tert-OH is 2. The molecule has 3 rings (SSSR count). The van der Waals surface area contributed by atoms with Crippen LogP contribution in [-0.2, 0) is 16.1 Å². The molecule has 6 atom stereocenters. The molecule has 0 spiro atoms. The zero-order chi connectivity index (χ0) is 21.3. The summed E-state index contributed by atoms with van der Waals surface area (Å²) in [4.78, 5) is 5.91. The molecular formula is C18H23F3N2O5S. The summed E-state index contributed by atoms with van der Waals surface area (Å²) in [5.41, 5.74) is -0.345. The van der Waals surface area contributed by atoms with Gasteiger partial charge >= 0.3 is 6.18 Å². The van der Waals surface area contributed by atoms with E-state index in [1.54, 1.807) is 43.3 Å². The van der Waals surface area contributed by atoms with Gasteiger partial charge in [-0.05, 0) is 17.7 Å². The summed E-state index contributed by atoms with van der Waals surface area (Å²) < 4.78 is 56.8. The summed E-state index contributed by atoms with van der Waals surface area (Å²) in [6, 6.07) is 5.53. The zero-order valence-electron chi connectivity index (χ0n) is 16.0. The first-order chi connectivity index (χ1) is 13.6. The minimum absolute atomic E-state index is 0.350. The molecule has 2 heterocycles. The second-order valence-electron chi connectivity index (χ2n) is 6.99. The van der Waals surface area contributed by atoms with Gasteiger partial charge in [0.1, 0.15) is 35.5 Å². The number of aliphatic hydroxyl groups is 2. The van der Waals surface area contributed by atoms with Gasteiger partial charge < -0.3 is 29.3 Å². The molecule has 2 aliphatic heterocycles. The van der Waals surface area contributed by atoms with Gasteiger partial charge in [-0.15, -0.1) is 0 Å². The number of halogens is 3. The van der Waals surface area contributed by atoms with E-state index in [9.17, 15) is 23.4 Å². The van der Waals surface area contributed by atoms with E-state index < -0.39 is 42.1 Å². The summed E-state index contributed by atoms with van der Waals surface area (Å²) in [7, 11) is 4.93. The first-order valence-corrected chi connectivity index (χ1v) is 9.74. The molecule has 6 unspecified atom stereocenters. The lowest BCUT2D eigenvalue weighted by atomic mass is 9.94. The van der Waals surface area contributed by atoms with Gasteiger partial charge in [-0.1, -0.05) is 23.9 Å². The van der Waals surface area contributed by atoms with Gasteiger partial charge in [0.15, 0.2) is 11.3 Å². The van der Waals surface area contributed by atoms with Crippen molar-refractivity contribution in [1.82, 2.24) is 4.90 Å². The van der Waals surface area contributed by atoms with Gasteiger partial charge in [-0.25, -0.2) is 0 Å². The number of amidine groups is 1. The lowest BCUT2D eigenvalue weighted by molar-refractivity contribution is -0.286. The lowest BCUT2D eigenvalue weighted by Gasteiger charge is -2.41. The maximum Gasteiger partial charge on any atom is 0.417 e. The Kier molecular flexibility index (Phi) is 6.64. The molecule has 0 radical (unpaired) electrons. The fourth-order valence-electron chi connectivity index (χ4n) is 3.12. The molecule has 1 aromatic carbocycles. The van der Waals surface area contributed by atoms with Crippen molar-refractivity contribution in [3.05, 3.63) is 29.8 Å². The van der Waals surface area contributed by atoms with Crippen molar-refractivity contribution in [2.24, 2.45) is 4.99 Å². The number of aliphatic imine (C=N–C) groups is 1. The van der Waals surface area contributed by atoms with E-state index in [1.165, 1.54) is 7.11 Å². The van der Waals surface area contributed by atoms with E-state index in [0.29, 0.717) is 16.5 Å². The van der Waals surface area contributed by atoms with Crippen LogP contribution in [0.2, 0.25) is 0 Å². The van der Waals surface area contributed by atoms with Crippen LogP contribution in [0.15, 0.2) is 29.3 Å². The van der Waals surface area contributed by atoms with Crippen LogP contribution in [0.3, 0.4) is 0 Å². The Bertz CT molecular complexity index is 731. The Morgan fingerprint density at radius 1 is 1.21 bits per heavy atom. The van der Waals surface area contributed by atoms with Crippen LogP contribution in [0.25, 0.3) is 0 Å². The number of alkyl halides is 3.